The van der Waals surface area contributed by atoms with E-state index < -0.39 is 6.10 Å². The molecule has 1 aromatic rings. The quantitative estimate of drug-likeness (QED) is 0.754. The molecule has 0 amide bonds. The molecule has 0 aromatic heterocycles. The first-order chi connectivity index (χ1) is 7.24. The van der Waals surface area contributed by atoms with Crippen molar-refractivity contribution in [2.45, 2.75) is 44.8 Å². The van der Waals surface area contributed by atoms with Crippen molar-refractivity contribution in [3.8, 4) is 0 Å². The number of aliphatic hydroxyl groups excluding tert-OH is 2. The van der Waals surface area contributed by atoms with Gasteiger partial charge >= 0.3 is 0 Å². The van der Waals surface area contributed by atoms with Gasteiger partial charge in [-0.3, -0.25) is 0 Å². The molecule has 0 aliphatic heterocycles. The highest BCUT2D eigenvalue weighted by Gasteiger charge is 2.12. The van der Waals surface area contributed by atoms with Crippen LogP contribution in [0.25, 0.3) is 0 Å². The van der Waals surface area contributed by atoms with Crippen LogP contribution in [0, 0.1) is 0 Å². The van der Waals surface area contributed by atoms with E-state index in [1.807, 2.05) is 30.3 Å². The number of benzene rings is 1. The van der Waals surface area contributed by atoms with Crippen molar-refractivity contribution in [3.05, 3.63) is 35.9 Å². The Kier molecular flexibility index (Phi) is 5.37. The fraction of sp³-hybridized carbons (Fsp3) is 0.538. The van der Waals surface area contributed by atoms with Crippen molar-refractivity contribution in [3.63, 3.8) is 0 Å². The lowest BCUT2D eigenvalue weighted by molar-refractivity contribution is 0.0742. The normalized spacial score (nSPS) is 14.9. The predicted octanol–water partition coefficient (Wildman–Crippen LogP) is 2.66. The first-order valence-electron chi connectivity index (χ1n) is 5.65. The third-order valence-electron chi connectivity index (χ3n) is 2.57. The summed E-state index contributed by atoms with van der Waals surface area (Å²) in [6.07, 6.45) is 2.38. The van der Waals surface area contributed by atoms with E-state index >= 15 is 0 Å². The summed E-state index contributed by atoms with van der Waals surface area (Å²) in [5.74, 6) is 0. The highest BCUT2D eigenvalue weighted by Crippen LogP contribution is 2.19. The second-order valence-corrected chi connectivity index (χ2v) is 3.96. The Morgan fingerprint density at radius 1 is 1.13 bits per heavy atom. The van der Waals surface area contributed by atoms with Crippen LogP contribution in [0.4, 0.5) is 0 Å². The molecular formula is C13H20O2. The molecule has 0 fully saturated rings. The van der Waals surface area contributed by atoms with Crippen LogP contribution in [0.5, 0.6) is 0 Å². The fourth-order valence-electron chi connectivity index (χ4n) is 1.63. The van der Waals surface area contributed by atoms with Gasteiger partial charge in [-0.2, -0.15) is 0 Å². The summed E-state index contributed by atoms with van der Waals surface area (Å²) in [6, 6.07) is 9.49. The van der Waals surface area contributed by atoms with Gasteiger partial charge in [0.05, 0.1) is 12.2 Å². The van der Waals surface area contributed by atoms with Crippen LogP contribution >= 0.6 is 0 Å². The van der Waals surface area contributed by atoms with E-state index in [4.69, 9.17) is 0 Å². The summed E-state index contributed by atoms with van der Waals surface area (Å²) in [7, 11) is 0. The first kappa shape index (κ1) is 12.2. The van der Waals surface area contributed by atoms with Gasteiger partial charge < -0.3 is 10.2 Å². The Balaban J connectivity index is 2.38. The molecule has 0 bridgehead atoms. The zero-order chi connectivity index (χ0) is 11.1. The van der Waals surface area contributed by atoms with Gasteiger partial charge in [-0.05, 0) is 12.0 Å². The Labute approximate surface area is 91.6 Å². The Morgan fingerprint density at radius 3 is 2.40 bits per heavy atom. The third-order valence-corrected chi connectivity index (χ3v) is 2.57. The molecule has 2 heteroatoms. The van der Waals surface area contributed by atoms with Crippen molar-refractivity contribution < 1.29 is 10.2 Å². The predicted molar refractivity (Wildman–Crippen MR) is 61.6 cm³/mol. The Bertz CT molecular complexity index is 258. The monoisotopic (exact) mass is 208 g/mol. The van der Waals surface area contributed by atoms with Crippen LogP contribution < -0.4 is 0 Å². The molecule has 0 saturated heterocycles. The molecule has 2 N–H and O–H groups in total. The lowest BCUT2D eigenvalue weighted by Gasteiger charge is -2.15. The average Bonchev–Trinajstić information content (AvgIpc) is 2.27. The smallest absolute Gasteiger partial charge is 0.0814 e. The molecule has 2 atom stereocenters. The maximum atomic E-state index is 9.83. The third kappa shape index (κ3) is 4.45. The van der Waals surface area contributed by atoms with Gasteiger partial charge in [0.25, 0.3) is 0 Å². The van der Waals surface area contributed by atoms with E-state index in [0.29, 0.717) is 6.42 Å². The standard InChI is InChI=1S/C13H20O2/c1-2-3-9-12(14)10-13(15)11-7-5-4-6-8-11/h4-8,12-15H,2-3,9-10H2,1H3/t12-,13+/m1/s1. The van der Waals surface area contributed by atoms with Gasteiger partial charge in [0.1, 0.15) is 0 Å². The summed E-state index contributed by atoms with van der Waals surface area (Å²) in [6.45, 7) is 2.10. The van der Waals surface area contributed by atoms with Gasteiger partial charge in [-0.1, -0.05) is 50.1 Å². The second kappa shape index (κ2) is 6.59. The molecule has 1 aromatic carbocycles. The molecule has 15 heavy (non-hydrogen) atoms. The van der Waals surface area contributed by atoms with Crippen LogP contribution in [0.3, 0.4) is 0 Å². The average molecular weight is 208 g/mol. The minimum absolute atomic E-state index is 0.389. The molecule has 0 heterocycles. The Morgan fingerprint density at radius 2 is 1.80 bits per heavy atom. The maximum Gasteiger partial charge on any atom is 0.0814 e. The molecule has 0 radical (unpaired) electrons. The molecule has 0 spiro atoms. The topological polar surface area (TPSA) is 40.5 Å². The van der Waals surface area contributed by atoms with E-state index in [-0.39, 0.29) is 6.10 Å². The van der Waals surface area contributed by atoms with Gasteiger partial charge in [0, 0.05) is 6.42 Å². The molecule has 0 unspecified atom stereocenters. The van der Waals surface area contributed by atoms with Crippen molar-refractivity contribution in [1.29, 1.82) is 0 Å². The van der Waals surface area contributed by atoms with Crippen LogP contribution in [0.2, 0.25) is 0 Å². The number of hydrogen-bond acceptors (Lipinski definition) is 2. The summed E-state index contributed by atoms with van der Waals surface area (Å²) in [4.78, 5) is 0. The van der Waals surface area contributed by atoms with Gasteiger partial charge in [-0.25, -0.2) is 0 Å². The number of unbranched alkanes of at least 4 members (excludes halogenated alkanes) is 1. The van der Waals surface area contributed by atoms with E-state index in [1.165, 1.54) is 0 Å². The van der Waals surface area contributed by atoms with Crippen LogP contribution in [-0.2, 0) is 0 Å². The fourth-order valence-corrected chi connectivity index (χ4v) is 1.63. The number of hydrogen-bond donors (Lipinski definition) is 2. The van der Waals surface area contributed by atoms with E-state index in [9.17, 15) is 10.2 Å². The van der Waals surface area contributed by atoms with Crippen molar-refractivity contribution >= 4 is 0 Å². The molecule has 84 valence electrons. The SMILES string of the molecule is CCCC[C@@H](O)C[C@H](O)c1ccccc1. The van der Waals surface area contributed by atoms with Crippen LogP contribution in [0.1, 0.15) is 44.3 Å². The van der Waals surface area contributed by atoms with Crippen molar-refractivity contribution in [1.82, 2.24) is 0 Å². The second-order valence-electron chi connectivity index (χ2n) is 3.96. The van der Waals surface area contributed by atoms with Crippen molar-refractivity contribution in [2.24, 2.45) is 0 Å². The number of aliphatic hydroxyl groups is 2. The summed E-state index contributed by atoms with van der Waals surface area (Å²) < 4.78 is 0. The van der Waals surface area contributed by atoms with Crippen molar-refractivity contribution in [2.75, 3.05) is 0 Å². The van der Waals surface area contributed by atoms with Gasteiger partial charge in [-0.15, -0.1) is 0 Å². The van der Waals surface area contributed by atoms with E-state index in [1.54, 1.807) is 0 Å². The molecule has 0 aliphatic rings. The molecule has 0 aliphatic carbocycles. The van der Waals surface area contributed by atoms with Crippen LogP contribution in [-0.4, -0.2) is 16.3 Å². The largest absolute Gasteiger partial charge is 0.393 e. The van der Waals surface area contributed by atoms with Gasteiger partial charge in [0.15, 0.2) is 0 Å². The van der Waals surface area contributed by atoms with Crippen LogP contribution in [0.15, 0.2) is 30.3 Å². The zero-order valence-electron chi connectivity index (χ0n) is 9.26. The lowest BCUT2D eigenvalue weighted by Crippen LogP contribution is -2.12. The minimum Gasteiger partial charge on any atom is -0.393 e. The summed E-state index contributed by atoms with van der Waals surface area (Å²) in [5.41, 5.74) is 0.882. The molecule has 2 nitrogen and oxygen atoms in total. The molecule has 0 saturated carbocycles. The summed E-state index contributed by atoms with van der Waals surface area (Å²) in [5, 5.41) is 19.5. The highest BCUT2D eigenvalue weighted by molar-refractivity contribution is 5.17. The highest BCUT2D eigenvalue weighted by atomic mass is 16.3. The lowest BCUT2D eigenvalue weighted by atomic mass is 10.0. The molecular weight excluding hydrogens is 188 g/mol. The minimum atomic E-state index is -0.543. The zero-order valence-corrected chi connectivity index (χ0v) is 9.26. The first-order valence-corrected chi connectivity index (χ1v) is 5.65. The van der Waals surface area contributed by atoms with E-state index in [0.717, 1.165) is 24.8 Å². The molecule has 1 rings (SSSR count). The van der Waals surface area contributed by atoms with E-state index in [2.05, 4.69) is 6.92 Å². The van der Waals surface area contributed by atoms with Gasteiger partial charge in [0.2, 0.25) is 0 Å². The Hall–Kier alpha value is -0.860. The number of rotatable bonds is 6. The maximum absolute atomic E-state index is 9.83. The summed E-state index contributed by atoms with van der Waals surface area (Å²) >= 11 is 0.